The fourth-order valence-electron chi connectivity index (χ4n) is 1.49. The summed E-state index contributed by atoms with van der Waals surface area (Å²) < 4.78 is 5.94. The zero-order valence-corrected chi connectivity index (χ0v) is 12.8. The molecule has 2 aromatic rings. The van der Waals surface area contributed by atoms with Crippen LogP contribution in [0, 0.1) is 0 Å². The van der Waals surface area contributed by atoms with Crippen LogP contribution in [0.5, 0.6) is 5.75 Å². The lowest BCUT2D eigenvalue weighted by Gasteiger charge is -2.13. The Hall–Kier alpha value is -1.73. The van der Waals surface area contributed by atoms with E-state index in [2.05, 4.69) is 10.3 Å². The molecule has 0 aliphatic heterocycles. The van der Waals surface area contributed by atoms with E-state index in [0.29, 0.717) is 17.1 Å². The summed E-state index contributed by atoms with van der Waals surface area (Å²) in [6, 6.07) is 5.16. The number of rotatable bonds is 5. The first-order chi connectivity index (χ1) is 9.60. The minimum Gasteiger partial charge on any atom is -0.497 e. The van der Waals surface area contributed by atoms with E-state index in [1.165, 1.54) is 23.1 Å². The molecule has 0 saturated carbocycles. The number of methoxy groups -OCH3 is 1. The Morgan fingerprint density at radius 2 is 2.35 bits per heavy atom. The molecule has 1 aromatic heterocycles. The van der Waals surface area contributed by atoms with Crippen LogP contribution in [-0.2, 0) is 4.79 Å². The van der Waals surface area contributed by atoms with Crippen LogP contribution in [0.2, 0.25) is 0 Å². The number of nitrogen functional groups attached to an aromatic ring is 1. The Bertz CT molecular complexity index is 587. The molecule has 1 aromatic carbocycles. The highest BCUT2D eigenvalue weighted by molar-refractivity contribution is 8.02. The molecule has 2 rings (SSSR count). The Balaban J connectivity index is 2.00. The van der Waals surface area contributed by atoms with Crippen molar-refractivity contribution in [1.29, 1.82) is 0 Å². The Morgan fingerprint density at radius 3 is 2.95 bits per heavy atom. The van der Waals surface area contributed by atoms with Crippen LogP contribution in [0.25, 0.3) is 0 Å². The molecule has 0 aliphatic rings. The molecule has 106 valence electrons. The van der Waals surface area contributed by atoms with Crippen molar-refractivity contribution in [2.45, 2.75) is 16.5 Å². The topological polar surface area (TPSA) is 77.2 Å². The number of benzene rings is 1. The summed E-state index contributed by atoms with van der Waals surface area (Å²) in [4.78, 5) is 16.2. The third-order valence-electron chi connectivity index (χ3n) is 2.57. The predicted molar refractivity (Wildman–Crippen MR) is 83.5 cm³/mol. The number of hydrogen-bond donors (Lipinski definition) is 2. The number of ether oxygens (including phenoxy) is 1. The van der Waals surface area contributed by atoms with Gasteiger partial charge in [0.05, 0.1) is 23.7 Å². The fraction of sp³-hybridized carbons (Fsp3) is 0.231. The summed E-state index contributed by atoms with van der Waals surface area (Å²) in [6.07, 6.45) is 1.72. The minimum absolute atomic E-state index is 0.109. The van der Waals surface area contributed by atoms with Crippen LogP contribution in [0.4, 0.5) is 11.4 Å². The van der Waals surface area contributed by atoms with E-state index < -0.39 is 0 Å². The number of anilines is 2. The Kier molecular flexibility index (Phi) is 4.86. The van der Waals surface area contributed by atoms with Gasteiger partial charge in [0.15, 0.2) is 4.34 Å². The van der Waals surface area contributed by atoms with Crippen molar-refractivity contribution in [1.82, 2.24) is 4.98 Å². The molecule has 0 radical (unpaired) electrons. The van der Waals surface area contributed by atoms with Gasteiger partial charge in [0, 0.05) is 17.6 Å². The molecule has 0 fully saturated rings. The molecule has 1 atom stereocenters. The van der Waals surface area contributed by atoms with E-state index in [-0.39, 0.29) is 11.2 Å². The molecule has 20 heavy (non-hydrogen) atoms. The molecular formula is C13H15N3O2S2. The largest absolute Gasteiger partial charge is 0.497 e. The van der Waals surface area contributed by atoms with E-state index >= 15 is 0 Å². The van der Waals surface area contributed by atoms with Crippen molar-refractivity contribution in [2.75, 3.05) is 18.2 Å². The van der Waals surface area contributed by atoms with Crippen LogP contribution in [0.15, 0.2) is 34.1 Å². The average Bonchev–Trinajstić information content (AvgIpc) is 2.93. The summed E-state index contributed by atoms with van der Waals surface area (Å²) in [5.41, 5.74) is 6.93. The number of carbonyl (C=O) groups excluding carboxylic acids is 1. The quantitative estimate of drug-likeness (QED) is 0.656. The van der Waals surface area contributed by atoms with Crippen molar-refractivity contribution in [3.8, 4) is 5.75 Å². The van der Waals surface area contributed by atoms with Gasteiger partial charge in [-0.2, -0.15) is 0 Å². The van der Waals surface area contributed by atoms with Gasteiger partial charge in [-0.05, 0) is 19.1 Å². The lowest BCUT2D eigenvalue weighted by molar-refractivity contribution is -0.115. The second-order valence-electron chi connectivity index (χ2n) is 4.00. The van der Waals surface area contributed by atoms with E-state index in [1.807, 2.05) is 12.3 Å². The smallest absolute Gasteiger partial charge is 0.237 e. The van der Waals surface area contributed by atoms with Gasteiger partial charge in [0.2, 0.25) is 5.91 Å². The van der Waals surface area contributed by atoms with E-state index in [4.69, 9.17) is 10.5 Å². The number of carbonyl (C=O) groups is 1. The maximum Gasteiger partial charge on any atom is 0.237 e. The summed E-state index contributed by atoms with van der Waals surface area (Å²) in [6.45, 7) is 1.83. The third-order valence-corrected chi connectivity index (χ3v) is 4.59. The standard InChI is InChI=1S/C13H15N3O2S2/c1-8(20-13-15-5-6-19-13)12(17)16-11-4-3-9(18-2)7-10(11)14/h3-8H,14H2,1-2H3,(H,16,17). The summed E-state index contributed by atoms with van der Waals surface area (Å²) in [5.74, 6) is 0.549. The van der Waals surface area contributed by atoms with Gasteiger partial charge < -0.3 is 15.8 Å². The van der Waals surface area contributed by atoms with Crippen LogP contribution in [-0.4, -0.2) is 23.3 Å². The summed E-state index contributed by atoms with van der Waals surface area (Å²) in [5, 5.41) is 4.45. The fourth-order valence-corrected chi connectivity index (χ4v) is 3.26. The Labute approximate surface area is 125 Å². The van der Waals surface area contributed by atoms with Gasteiger partial charge in [-0.15, -0.1) is 11.3 Å². The van der Waals surface area contributed by atoms with Crippen molar-refractivity contribution in [3.05, 3.63) is 29.8 Å². The molecule has 1 amide bonds. The molecule has 0 bridgehead atoms. The number of nitrogens with zero attached hydrogens (tertiary/aromatic N) is 1. The molecule has 3 N–H and O–H groups in total. The lowest BCUT2D eigenvalue weighted by atomic mass is 10.2. The SMILES string of the molecule is COc1ccc(NC(=O)C(C)Sc2nccs2)c(N)c1. The number of hydrogen-bond acceptors (Lipinski definition) is 6. The first-order valence-corrected chi connectivity index (χ1v) is 7.66. The summed E-state index contributed by atoms with van der Waals surface area (Å²) in [7, 11) is 1.57. The van der Waals surface area contributed by atoms with Gasteiger partial charge in [-0.3, -0.25) is 4.79 Å². The first kappa shape index (κ1) is 14.7. The highest BCUT2D eigenvalue weighted by Crippen LogP contribution is 2.28. The maximum atomic E-state index is 12.1. The van der Waals surface area contributed by atoms with E-state index in [9.17, 15) is 4.79 Å². The minimum atomic E-state index is -0.248. The third kappa shape index (κ3) is 3.64. The maximum absolute atomic E-state index is 12.1. The van der Waals surface area contributed by atoms with E-state index in [0.717, 1.165) is 4.34 Å². The van der Waals surface area contributed by atoms with E-state index in [1.54, 1.807) is 31.5 Å². The van der Waals surface area contributed by atoms with Crippen LogP contribution in [0.1, 0.15) is 6.92 Å². The normalized spacial score (nSPS) is 11.9. The first-order valence-electron chi connectivity index (χ1n) is 5.90. The molecule has 0 aliphatic carbocycles. The number of aromatic nitrogens is 1. The highest BCUT2D eigenvalue weighted by Gasteiger charge is 2.16. The zero-order valence-electron chi connectivity index (χ0n) is 11.1. The lowest BCUT2D eigenvalue weighted by Crippen LogP contribution is -2.22. The van der Waals surface area contributed by atoms with Gasteiger partial charge in [0.1, 0.15) is 5.75 Å². The predicted octanol–water partition coefficient (Wildman–Crippen LogP) is 2.85. The number of thiazole rings is 1. The monoisotopic (exact) mass is 309 g/mol. The van der Waals surface area contributed by atoms with Crippen molar-refractivity contribution < 1.29 is 9.53 Å². The van der Waals surface area contributed by atoms with Gasteiger partial charge >= 0.3 is 0 Å². The number of thioether (sulfide) groups is 1. The molecular weight excluding hydrogens is 294 g/mol. The summed E-state index contributed by atoms with van der Waals surface area (Å²) >= 11 is 2.93. The van der Waals surface area contributed by atoms with Crippen LogP contribution < -0.4 is 15.8 Å². The van der Waals surface area contributed by atoms with Crippen LogP contribution >= 0.6 is 23.1 Å². The molecule has 1 heterocycles. The average molecular weight is 309 g/mol. The molecule has 0 spiro atoms. The number of nitrogens with one attached hydrogen (secondary N) is 1. The van der Waals surface area contributed by atoms with Gasteiger partial charge in [0.25, 0.3) is 0 Å². The van der Waals surface area contributed by atoms with Gasteiger partial charge in [-0.1, -0.05) is 11.8 Å². The van der Waals surface area contributed by atoms with Gasteiger partial charge in [-0.25, -0.2) is 4.98 Å². The molecule has 0 saturated heterocycles. The number of amides is 1. The van der Waals surface area contributed by atoms with Crippen molar-refractivity contribution in [3.63, 3.8) is 0 Å². The second-order valence-corrected chi connectivity index (χ2v) is 6.48. The number of nitrogens with two attached hydrogens (primary N) is 1. The highest BCUT2D eigenvalue weighted by atomic mass is 32.2. The second kappa shape index (κ2) is 6.62. The molecule has 1 unspecified atom stereocenters. The van der Waals surface area contributed by atoms with Crippen molar-refractivity contribution in [2.24, 2.45) is 0 Å². The van der Waals surface area contributed by atoms with Crippen molar-refractivity contribution >= 4 is 40.4 Å². The molecule has 7 heteroatoms. The van der Waals surface area contributed by atoms with Crippen LogP contribution in [0.3, 0.4) is 0 Å². The zero-order chi connectivity index (χ0) is 14.5. The Morgan fingerprint density at radius 1 is 1.55 bits per heavy atom. The molecule has 5 nitrogen and oxygen atoms in total.